The van der Waals surface area contributed by atoms with E-state index in [4.69, 9.17) is 0 Å². The van der Waals surface area contributed by atoms with Gasteiger partial charge >= 0.3 is 0 Å². The molecule has 0 saturated heterocycles. The van der Waals surface area contributed by atoms with E-state index in [9.17, 15) is 17.9 Å². The van der Waals surface area contributed by atoms with Gasteiger partial charge in [-0.05, 0) is 80.9 Å². The number of hydrogen-bond donors (Lipinski definition) is 1. The highest BCUT2D eigenvalue weighted by atomic mass is 32.2. The third-order valence-corrected chi connectivity index (χ3v) is 9.85. The monoisotopic (exact) mass is 484 g/mol. The van der Waals surface area contributed by atoms with E-state index in [0.717, 1.165) is 41.8 Å². The summed E-state index contributed by atoms with van der Waals surface area (Å²) >= 11 is 0. The number of nitrogens with zero attached hydrogens (tertiary/aromatic N) is 4. The van der Waals surface area contributed by atoms with Gasteiger partial charge in [0.15, 0.2) is 9.84 Å². The zero-order chi connectivity index (χ0) is 24.1. The molecule has 2 aromatic heterocycles. The van der Waals surface area contributed by atoms with Crippen LogP contribution in [0.1, 0.15) is 43.9 Å². The first-order chi connectivity index (χ1) is 16.2. The number of sulfone groups is 1. The molecule has 2 aliphatic carbocycles. The summed E-state index contributed by atoms with van der Waals surface area (Å²) in [5.74, 6) is -0.385. The van der Waals surface area contributed by atoms with Crippen LogP contribution in [0.3, 0.4) is 0 Å². The van der Waals surface area contributed by atoms with E-state index in [2.05, 4.69) is 16.3 Å². The van der Waals surface area contributed by atoms with Crippen molar-refractivity contribution in [2.45, 2.75) is 49.2 Å². The maximum Gasteiger partial charge on any atom is 0.184 e. The molecule has 34 heavy (non-hydrogen) atoms. The number of aryl methyl sites for hydroxylation is 1. The topological polar surface area (TPSA) is 90.0 Å². The number of aliphatic hydroxyl groups is 1. The molecule has 3 atom stereocenters. The van der Waals surface area contributed by atoms with Gasteiger partial charge in [-0.1, -0.05) is 5.57 Å². The van der Waals surface area contributed by atoms with Gasteiger partial charge < -0.3 is 5.11 Å². The molecule has 3 aromatic rings. The Bertz CT molecular complexity index is 1340. The highest BCUT2D eigenvalue weighted by Gasteiger charge is 2.45. The molecule has 0 unspecified atom stereocenters. The molecule has 5 rings (SSSR count). The second kappa shape index (κ2) is 8.46. The molecule has 9 heteroatoms. The fraction of sp³-hybridized carbons (Fsp3) is 0.440. The van der Waals surface area contributed by atoms with E-state index in [1.165, 1.54) is 23.0 Å². The normalized spacial score (nSPS) is 23.5. The van der Waals surface area contributed by atoms with Gasteiger partial charge in [-0.25, -0.2) is 17.5 Å². The van der Waals surface area contributed by atoms with E-state index >= 15 is 0 Å². The highest BCUT2D eigenvalue weighted by Crippen LogP contribution is 2.49. The lowest BCUT2D eigenvalue weighted by Gasteiger charge is -2.39. The third kappa shape index (κ3) is 3.80. The highest BCUT2D eigenvalue weighted by molar-refractivity contribution is 7.92. The zero-order valence-electron chi connectivity index (χ0n) is 19.4. The van der Waals surface area contributed by atoms with Crippen LogP contribution in [0.25, 0.3) is 11.8 Å². The summed E-state index contributed by atoms with van der Waals surface area (Å²) in [4.78, 5) is 0.243. The number of halogens is 1. The molecule has 0 amide bonds. The summed E-state index contributed by atoms with van der Waals surface area (Å²) < 4.78 is 43.4. The number of hydrogen-bond acceptors (Lipinski definition) is 5. The molecule has 0 bridgehead atoms. The first kappa shape index (κ1) is 23.0. The van der Waals surface area contributed by atoms with Crippen molar-refractivity contribution >= 4 is 15.9 Å². The van der Waals surface area contributed by atoms with Crippen LogP contribution in [0.4, 0.5) is 4.39 Å². The Hall–Kier alpha value is -2.78. The first-order valence-electron chi connectivity index (χ1n) is 11.6. The lowest BCUT2D eigenvalue weighted by atomic mass is 9.67. The van der Waals surface area contributed by atoms with E-state index < -0.39 is 20.5 Å². The molecule has 2 heterocycles. The van der Waals surface area contributed by atoms with Crippen LogP contribution in [-0.2, 0) is 23.3 Å². The molecule has 0 radical (unpaired) electrons. The maximum atomic E-state index is 13.4. The van der Waals surface area contributed by atoms with E-state index in [1.807, 2.05) is 0 Å². The minimum atomic E-state index is -3.53. The average Bonchev–Trinajstić information content (AvgIpc) is 3.39. The van der Waals surface area contributed by atoms with Crippen molar-refractivity contribution in [3.8, 4) is 5.69 Å². The van der Waals surface area contributed by atoms with Crippen molar-refractivity contribution in [1.29, 1.82) is 0 Å². The van der Waals surface area contributed by atoms with Crippen LogP contribution in [0.15, 0.2) is 53.3 Å². The molecule has 7 nitrogen and oxygen atoms in total. The predicted molar refractivity (Wildman–Crippen MR) is 127 cm³/mol. The van der Waals surface area contributed by atoms with E-state index in [0.29, 0.717) is 12.8 Å². The first-order valence-corrected chi connectivity index (χ1v) is 13.2. The molecule has 1 N–H and O–H groups in total. The van der Waals surface area contributed by atoms with E-state index in [-0.39, 0.29) is 23.2 Å². The Kier molecular flexibility index (Phi) is 5.72. The van der Waals surface area contributed by atoms with Gasteiger partial charge in [0.1, 0.15) is 10.7 Å². The van der Waals surface area contributed by atoms with Gasteiger partial charge in [0.05, 0.1) is 35.6 Å². The Morgan fingerprint density at radius 3 is 2.68 bits per heavy atom. The van der Waals surface area contributed by atoms with Gasteiger partial charge in [0, 0.05) is 18.7 Å². The molecule has 180 valence electrons. The summed E-state index contributed by atoms with van der Waals surface area (Å²) in [6, 6.07) is 6.22. The quantitative estimate of drug-likeness (QED) is 0.596. The number of aromatic nitrogens is 4. The number of aliphatic hydroxyl groups excluding tert-OH is 1. The van der Waals surface area contributed by atoms with Gasteiger partial charge in [0.2, 0.25) is 0 Å². The Morgan fingerprint density at radius 2 is 2.00 bits per heavy atom. The minimum absolute atomic E-state index is 0.0455. The molecular weight excluding hydrogens is 455 g/mol. The smallest absolute Gasteiger partial charge is 0.184 e. The lowest BCUT2D eigenvalue weighted by Crippen LogP contribution is -2.37. The second-order valence-corrected chi connectivity index (χ2v) is 12.0. The summed E-state index contributed by atoms with van der Waals surface area (Å²) in [5, 5.41) is 18.6. The maximum absolute atomic E-state index is 13.4. The van der Waals surface area contributed by atoms with Crippen LogP contribution < -0.4 is 0 Å². The number of rotatable bonds is 5. The summed E-state index contributed by atoms with van der Waals surface area (Å²) in [5.41, 5.74) is 3.35. The molecular formula is C25H29FN4O3S. The Labute approximate surface area is 198 Å². The second-order valence-electron chi connectivity index (χ2n) is 9.68. The summed E-state index contributed by atoms with van der Waals surface area (Å²) in [7, 11) is -1.83. The van der Waals surface area contributed by atoms with Crippen LogP contribution in [0.2, 0.25) is 0 Å². The fourth-order valence-corrected chi connectivity index (χ4v) is 7.26. The van der Waals surface area contributed by atoms with Crippen molar-refractivity contribution < 1.29 is 17.9 Å². The third-order valence-electron chi connectivity index (χ3n) is 7.62. The van der Waals surface area contributed by atoms with Gasteiger partial charge in [-0.15, -0.1) is 0 Å². The fourth-order valence-electron chi connectivity index (χ4n) is 5.60. The average molecular weight is 485 g/mol. The van der Waals surface area contributed by atoms with Gasteiger partial charge in [0.25, 0.3) is 0 Å². The van der Waals surface area contributed by atoms with Crippen molar-refractivity contribution in [3.05, 3.63) is 65.5 Å². The standard InChI is InChI=1S/C25H29FN4O3S/c1-17(34(32,33)23-14-27-29(2)15-23)18-4-3-5-20-10-24-19(12-25(20,11-18)16-31)13-28-30(24)22-8-6-21(26)7-9-22/h6-10,13-15,17-18,31H,3-5,11-12,16H2,1-2H3/t17-,18+,25+/m1/s1. The Balaban J connectivity index is 1.48. The molecule has 2 aliphatic rings. The van der Waals surface area contributed by atoms with Gasteiger partial charge in [-0.2, -0.15) is 10.2 Å². The van der Waals surface area contributed by atoms with E-state index in [1.54, 1.807) is 43.2 Å². The molecule has 0 spiro atoms. The largest absolute Gasteiger partial charge is 0.395 e. The molecule has 1 saturated carbocycles. The van der Waals surface area contributed by atoms with Crippen molar-refractivity contribution in [1.82, 2.24) is 19.6 Å². The van der Waals surface area contributed by atoms with Crippen LogP contribution in [0.5, 0.6) is 0 Å². The van der Waals surface area contributed by atoms with Crippen molar-refractivity contribution in [3.63, 3.8) is 0 Å². The number of fused-ring (bicyclic) bond motifs is 2. The number of benzene rings is 1. The zero-order valence-corrected chi connectivity index (χ0v) is 20.2. The SMILES string of the molecule is C[C@H]([C@H]1CCCC2=Cc3c(cnn3-c3ccc(F)cc3)C[C@]2(CO)C1)S(=O)(=O)c1cnn(C)c1. The molecule has 0 aliphatic heterocycles. The minimum Gasteiger partial charge on any atom is -0.395 e. The molecule has 1 fully saturated rings. The van der Waals surface area contributed by atoms with Crippen LogP contribution >= 0.6 is 0 Å². The summed E-state index contributed by atoms with van der Waals surface area (Å²) in [6.45, 7) is 1.74. The van der Waals surface area contributed by atoms with Gasteiger partial charge in [-0.3, -0.25) is 4.68 Å². The van der Waals surface area contributed by atoms with Crippen LogP contribution in [-0.4, -0.2) is 44.9 Å². The molecule has 1 aromatic carbocycles. The lowest BCUT2D eigenvalue weighted by molar-refractivity contribution is 0.129. The Morgan fingerprint density at radius 1 is 1.24 bits per heavy atom. The predicted octanol–water partition coefficient (Wildman–Crippen LogP) is 3.72. The summed E-state index contributed by atoms with van der Waals surface area (Å²) in [6.07, 6.45) is 10.5. The van der Waals surface area contributed by atoms with Crippen molar-refractivity contribution in [2.75, 3.05) is 6.61 Å². The van der Waals surface area contributed by atoms with Crippen LogP contribution in [0, 0.1) is 17.2 Å². The van der Waals surface area contributed by atoms with Crippen molar-refractivity contribution in [2.24, 2.45) is 18.4 Å².